The van der Waals surface area contributed by atoms with E-state index in [1.54, 1.807) is 16.3 Å². The minimum absolute atomic E-state index is 0.239. The Balaban J connectivity index is 1.09. The van der Waals surface area contributed by atoms with Crippen LogP contribution in [0.3, 0.4) is 0 Å². The second-order valence-corrected chi connectivity index (χ2v) is 11.2. The normalized spacial score (nSPS) is 18.8. The number of benzene rings is 2. The van der Waals surface area contributed by atoms with Crippen LogP contribution in [-0.4, -0.2) is 71.8 Å². The van der Waals surface area contributed by atoms with Crippen LogP contribution >= 0.6 is 11.3 Å². The molecule has 2 aliphatic rings. The molecular formula is C28H36N4O3S. The van der Waals surface area contributed by atoms with Crippen molar-refractivity contribution in [3.63, 3.8) is 0 Å². The maximum atomic E-state index is 12.0. The first kappa shape index (κ1) is 25.1. The molecule has 2 heterocycles. The zero-order chi connectivity index (χ0) is 24.9. The fourth-order valence-electron chi connectivity index (χ4n) is 5.42. The van der Waals surface area contributed by atoms with Gasteiger partial charge in [0.15, 0.2) is 0 Å². The lowest BCUT2D eigenvalue weighted by Crippen LogP contribution is -2.55. The number of anilines is 1. The number of carbonyl (C=O) groups excluding carboxylic acids is 1. The van der Waals surface area contributed by atoms with Crippen LogP contribution in [0.2, 0.25) is 0 Å². The Kier molecular flexibility index (Phi) is 8.16. The van der Waals surface area contributed by atoms with Crippen molar-refractivity contribution in [1.82, 2.24) is 14.9 Å². The van der Waals surface area contributed by atoms with Crippen LogP contribution in [0.5, 0.6) is 5.75 Å². The Morgan fingerprint density at radius 3 is 2.58 bits per heavy atom. The second-order valence-electron chi connectivity index (χ2n) is 9.96. The monoisotopic (exact) mass is 508 g/mol. The highest BCUT2D eigenvalue weighted by atomic mass is 32.1. The first-order chi connectivity index (χ1) is 17.6. The summed E-state index contributed by atoms with van der Waals surface area (Å²) >= 11 is 1.67. The summed E-state index contributed by atoms with van der Waals surface area (Å²) in [6.07, 6.45) is 6.87. The number of fused-ring (bicyclic) bond motifs is 1. The third-order valence-corrected chi connectivity index (χ3v) is 8.32. The Labute approximate surface area is 217 Å². The standard InChI is InChI=1S/C28H36N4O3S/c1-21-29-27-17-26(11-12-28(27)36-21)35-19-25(34)18-30-13-15-31(16-14-30)32(20-33)24-9-7-23(8-10-24)22-5-3-2-4-6-22/h7-12,17,20,22,25,34H,2-6,13-16,18-19H2,1H3/t25-/m1/s1. The number of amides is 1. The van der Waals surface area contributed by atoms with Gasteiger partial charge in [-0.15, -0.1) is 11.3 Å². The molecule has 1 atom stereocenters. The van der Waals surface area contributed by atoms with Gasteiger partial charge in [-0.25, -0.2) is 15.0 Å². The fourth-order valence-corrected chi connectivity index (χ4v) is 6.22. The van der Waals surface area contributed by atoms with Gasteiger partial charge >= 0.3 is 0 Å². The molecule has 0 radical (unpaired) electrons. The molecule has 1 aliphatic carbocycles. The summed E-state index contributed by atoms with van der Waals surface area (Å²) in [5.74, 6) is 1.39. The molecule has 1 aliphatic heterocycles. The van der Waals surface area contributed by atoms with E-state index in [9.17, 15) is 9.90 Å². The van der Waals surface area contributed by atoms with Gasteiger partial charge in [-0.2, -0.15) is 0 Å². The Morgan fingerprint density at radius 1 is 1.11 bits per heavy atom. The molecule has 192 valence electrons. The first-order valence-electron chi connectivity index (χ1n) is 13.1. The van der Waals surface area contributed by atoms with Gasteiger partial charge in [-0.05, 0) is 55.5 Å². The second kappa shape index (κ2) is 11.7. The highest BCUT2D eigenvalue weighted by Crippen LogP contribution is 2.33. The lowest BCUT2D eigenvalue weighted by Gasteiger charge is -2.39. The van der Waals surface area contributed by atoms with Crippen molar-refractivity contribution in [1.29, 1.82) is 0 Å². The average Bonchev–Trinajstić information content (AvgIpc) is 3.29. The topological polar surface area (TPSA) is 69.1 Å². The van der Waals surface area contributed by atoms with Crippen molar-refractivity contribution in [3.8, 4) is 5.75 Å². The number of rotatable bonds is 9. The van der Waals surface area contributed by atoms with Crippen molar-refractivity contribution in [2.45, 2.75) is 51.0 Å². The Bertz CT molecular complexity index is 1140. The molecule has 3 aromatic rings. The first-order valence-corrected chi connectivity index (χ1v) is 13.9. The number of hydrogen-bond acceptors (Lipinski definition) is 7. The number of ether oxygens (including phenoxy) is 1. The third kappa shape index (κ3) is 6.06. The minimum Gasteiger partial charge on any atom is -0.491 e. The lowest BCUT2D eigenvalue weighted by atomic mass is 9.84. The molecule has 1 aromatic heterocycles. The Morgan fingerprint density at radius 2 is 1.86 bits per heavy atom. The van der Waals surface area contributed by atoms with E-state index in [2.05, 4.69) is 39.2 Å². The number of aryl methyl sites for hydroxylation is 1. The highest BCUT2D eigenvalue weighted by molar-refractivity contribution is 7.18. The van der Waals surface area contributed by atoms with E-state index in [4.69, 9.17) is 4.74 Å². The molecule has 1 saturated heterocycles. The smallest absolute Gasteiger partial charge is 0.228 e. The van der Waals surface area contributed by atoms with Gasteiger partial charge < -0.3 is 9.84 Å². The van der Waals surface area contributed by atoms with Gasteiger partial charge in [0.25, 0.3) is 0 Å². The van der Waals surface area contributed by atoms with E-state index in [-0.39, 0.29) is 6.61 Å². The van der Waals surface area contributed by atoms with Crippen molar-refractivity contribution < 1.29 is 14.6 Å². The molecule has 5 rings (SSSR count). The predicted octanol–water partition coefficient (Wildman–Crippen LogP) is 4.59. The van der Waals surface area contributed by atoms with E-state index >= 15 is 0 Å². The summed E-state index contributed by atoms with van der Waals surface area (Å²) < 4.78 is 6.98. The van der Waals surface area contributed by atoms with Gasteiger partial charge in [-0.1, -0.05) is 31.4 Å². The molecule has 1 amide bonds. The number of aromatic nitrogens is 1. The van der Waals surface area contributed by atoms with Gasteiger partial charge in [0.1, 0.15) is 18.5 Å². The Hall–Kier alpha value is -2.52. The van der Waals surface area contributed by atoms with E-state index in [0.717, 1.165) is 59.3 Å². The average molecular weight is 509 g/mol. The van der Waals surface area contributed by atoms with Gasteiger partial charge in [0.05, 0.1) is 20.9 Å². The fraction of sp³-hybridized carbons (Fsp3) is 0.500. The van der Waals surface area contributed by atoms with Crippen LogP contribution in [-0.2, 0) is 4.79 Å². The molecule has 2 fully saturated rings. The molecule has 0 spiro atoms. The largest absolute Gasteiger partial charge is 0.491 e. The van der Waals surface area contributed by atoms with Crippen LogP contribution in [0, 0.1) is 6.92 Å². The molecule has 1 N–H and O–H groups in total. The molecule has 36 heavy (non-hydrogen) atoms. The molecule has 1 saturated carbocycles. The lowest BCUT2D eigenvalue weighted by molar-refractivity contribution is -0.110. The van der Waals surface area contributed by atoms with Crippen LogP contribution < -0.4 is 9.75 Å². The van der Waals surface area contributed by atoms with Crippen molar-refractivity contribution in [2.75, 3.05) is 44.3 Å². The summed E-state index contributed by atoms with van der Waals surface area (Å²) in [6.45, 7) is 5.81. The summed E-state index contributed by atoms with van der Waals surface area (Å²) in [4.78, 5) is 18.7. The quantitative estimate of drug-likeness (QED) is 0.427. The number of aliphatic hydroxyl groups excluding tert-OH is 1. The van der Waals surface area contributed by atoms with Crippen LogP contribution in [0.4, 0.5) is 5.69 Å². The van der Waals surface area contributed by atoms with Crippen molar-refractivity contribution in [2.24, 2.45) is 0 Å². The number of aliphatic hydroxyl groups is 1. The summed E-state index contributed by atoms with van der Waals surface area (Å²) in [5.41, 5.74) is 3.25. The molecule has 2 aromatic carbocycles. The molecule has 8 heteroatoms. The van der Waals surface area contributed by atoms with Gasteiger partial charge in [0, 0.05) is 38.8 Å². The minimum atomic E-state index is -0.584. The van der Waals surface area contributed by atoms with Crippen molar-refractivity contribution in [3.05, 3.63) is 53.0 Å². The maximum Gasteiger partial charge on any atom is 0.228 e. The highest BCUT2D eigenvalue weighted by Gasteiger charge is 2.24. The van der Waals surface area contributed by atoms with E-state index < -0.39 is 6.10 Å². The van der Waals surface area contributed by atoms with E-state index in [0.29, 0.717) is 12.5 Å². The number of hydrogen-bond donors (Lipinski definition) is 1. The number of hydrazine groups is 1. The van der Waals surface area contributed by atoms with Gasteiger partial charge in [-0.3, -0.25) is 9.69 Å². The number of β-amino-alcohol motifs (C(OH)–C–C–N with tert-alkyl or cyclic N) is 1. The SMILES string of the molecule is Cc1nc2cc(OC[C@H](O)CN3CCN(N(C=O)c4ccc(C5CCCCC5)cc4)CC3)ccc2s1. The summed E-state index contributed by atoms with van der Waals surface area (Å²) in [7, 11) is 0. The van der Waals surface area contributed by atoms with Crippen LogP contribution in [0.25, 0.3) is 10.2 Å². The van der Waals surface area contributed by atoms with Gasteiger partial charge in [0.2, 0.25) is 6.41 Å². The predicted molar refractivity (Wildman–Crippen MR) is 145 cm³/mol. The maximum absolute atomic E-state index is 12.0. The molecule has 0 bridgehead atoms. The van der Waals surface area contributed by atoms with E-state index in [1.807, 2.05) is 25.1 Å². The zero-order valence-corrected chi connectivity index (χ0v) is 21.8. The summed E-state index contributed by atoms with van der Waals surface area (Å²) in [5, 5.41) is 15.4. The number of thiazole rings is 1. The number of nitrogens with zero attached hydrogens (tertiary/aromatic N) is 4. The molecule has 0 unspecified atom stereocenters. The molecule has 7 nitrogen and oxygen atoms in total. The number of carbonyl (C=O) groups is 1. The van der Waals surface area contributed by atoms with Crippen LogP contribution in [0.1, 0.15) is 48.6 Å². The van der Waals surface area contributed by atoms with Crippen molar-refractivity contribution >= 4 is 33.7 Å². The number of piperazine rings is 1. The summed E-state index contributed by atoms with van der Waals surface area (Å²) in [6, 6.07) is 14.4. The zero-order valence-electron chi connectivity index (χ0n) is 21.0. The molecular weight excluding hydrogens is 472 g/mol. The van der Waals surface area contributed by atoms with Crippen LogP contribution in [0.15, 0.2) is 42.5 Å². The third-order valence-electron chi connectivity index (χ3n) is 7.36. The van der Waals surface area contributed by atoms with E-state index in [1.165, 1.54) is 37.7 Å².